The number of rotatable bonds is 3. The van der Waals surface area contributed by atoms with Crippen LogP contribution < -0.4 is 5.32 Å². The first-order valence-electron chi connectivity index (χ1n) is 4.07. The summed E-state index contributed by atoms with van der Waals surface area (Å²) in [5.41, 5.74) is -0.00671. The Bertz CT molecular complexity index is 163. The van der Waals surface area contributed by atoms with Crippen LogP contribution in [0, 0.1) is 0 Å². The number of hydrogen-bond donors (Lipinski definition) is 2. The number of aliphatic hydroxyl groups is 1. The van der Waals surface area contributed by atoms with Crippen LogP contribution in [-0.4, -0.2) is 22.7 Å². The van der Waals surface area contributed by atoms with Crippen molar-refractivity contribution < 1.29 is 9.90 Å². The predicted molar refractivity (Wildman–Crippen MR) is 42.1 cm³/mol. The zero-order valence-electron chi connectivity index (χ0n) is 7.05. The summed E-state index contributed by atoms with van der Waals surface area (Å²) < 4.78 is 0. The Kier molecular flexibility index (Phi) is 2.18. The highest BCUT2D eigenvalue weighted by atomic mass is 16.3. The Hall–Kier alpha value is -0.570. The fourth-order valence-corrected chi connectivity index (χ4v) is 0.879. The molecule has 2 N–H and O–H groups in total. The smallest absolute Gasteiger partial charge is 0.249 e. The molecule has 3 heteroatoms. The number of carbonyl (C=O) groups is 1. The van der Waals surface area contributed by atoms with Gasteiger partial charge in [-0.1, -0.05) is 6.92 Å². The van der Waals surface area contributed by atoms with Crippen LogP contribution in [0.1, 0.15) is 33.1 Å². The van der Waals surface area contributed by atoms with Gasteiger partial charge in [0.15, 0.2) is 0 Å². The minimum Gasteiger partial charge on any atom is -0.383 e. The molecule has 0 spiro atoms. The van der Waals surface area contributed by atoms with E-state index in [1.54, 1.807) is 6.92 Å². The molecule has 1 amide bonds. The van der Waals surface area contributed by atoms with Crippen molar-refractivity contribution in [3.63, 3.8) is 0 Å². The van der Waals surface area contributed by atoms with Crippen LogP contribution in [0.4, 0.5) is 0 Å². The van der Waals surface area contributed by atoms with Crippen LogP contribution in [-0.2, 0) is 4.79 Å². The number of amides is 1. The van der Waals surface area contributed by atoms with E-state index in [0.29, 0.717) is 6.42 Å². The lowest BCUT2D eigenvalue weighted by Crippen LogP contribution is -2.41. The molecule has 1 unspecified atom stereocenters. The average molecular weight is 157 g/mol. The molecule has 0 bridgehead atoms. The van der Waals surface area contributed by atoms with Crippen molar-refractivity contribution in [3.8, 4) is 0 Å². The van der Waals surface area contributed by atoms with Gasteiger partial charge < -0.3 is 10.4 Å². The normalized spacial score (nSPS) is 22.5. The van der Waals surface area contributed by atoms with E-state index in [9.17, 15) is 4.79 Å². The van der Waals surface area contributed by atoms with Gasteiger partial charge >= 0.3 is 0 Å². The molecule has 1 fully saturated rings. The van der Waals surface area contributed by atoms with Crippen molar-refractivity contribution in [2.24, 2.45) is 0 Å². The highest BCUT2D eigenvalue weighted by Gasteiger charge is 2.39. The summed E-state index contributed by atoms with van der Waals surface area (Å²) in [7, 11) is 0. The molecule has 1 aliphatic carbocycles. The second-order valence-corrected chi connectivity index (χ2v) is 3.47. The van der Waals surface area contributed by atoms with Crippen molar-refractivity contribution in [1.29, 1.82) is 0 Å². The highest BCUT2D eigenvalue weighted by Crippen LogP contribution is 2.34. The molecule has 0 radical (unpaired) electrons. The summed E-state index contributed by atoms with van der Waals surface area (Å²) in [5, 5.41) is 11.9. The summed E-state index contributed by atoms with van der Waals surface area (Å²) in [6.07, 6.45) is 1.74. The van der Waals surface area contributed by atoms with E-state index in [1.807, 2.05) is 6.92 Å². The van der Waals surface area contributed by atoms with Crippen LogP contribution in [0.2, 0.25) is 0 Å². The van der Waals surface area contributed by atoms with E-state index >= 15 is 0 Å². The maximum Gasteiger partial charge on any atom is 0.249 e. The first-order valence-corrected chi connectivity index (χ1v) is 4.07. The number of aliphatic hydroxyl groups excluding tert-OH is 1. The van der Waals surface area contributed by atoms with Gasteiger partial charge in [-0.2, -0.15) is 0 Å². The van der Waals surface area contributed by atoms with Gasteiger partial charge in [-0.15, -0.1) is 0 Å². The minimum absolute atomic E-state index is 0.00671. The molecule has 3 nitrogen and oxygen atoms in total. The van der Waals surface area contributed by atoms with E-state index in [-0.39, 0.29) is 11.4 Å². The lowest BCUT2D eigenvalue weighted by Gasteiger charge is -2.13. The van der Waals surface area contributed by atoms with Gasteiger partial charge in [0.25, 0.3) is 0 Å². The number of hydrogen-bond acceptors (Lipinski definition) is 2. The largest absolute Gasteiger partial charge is 0.383 e. The van der Waals surface area contributed by atoms with Crippen molar-refractivity contribution in [1.82, 2.24) is 5.32 Å². The Morgan fingerprint density at radius 1 is 1.73 bits per heavy atom. The highest BCUT2D eigenvalue weighted by molar-refractivity contribution is 5.81. The van der Waals surface area contributed by atoms with E-state index < -0.39 is 6.10 Å². The predicted octanol–water partition coefficient (Wildman–Crippen LogP) is 0.426. The Morgan fingerprint density at radius 2 is 2.27 bits per heavy atom. The van der Waals surface area contributed by atoms with E-state index in [2.05, 4.69) is 5.32 Å². The molecule has 1 saturated carbocycles. The molecule has 0 saturated heterocycles. The third-order valence-corrected chi connectivity index (χ3v) is 2.11. The van der Waals surface area contributed by atoms with Gasteiger partial charge in [-0.05, 0) is 26.2 Å². The fraction of sp³-hybridized carbons (Fsp3) is 0.875. The van der Waals surface area contributed by atoms with Crippen molar-refractivity contribution in [3.05, 3.63) is 0 Å². The van der Waals surface area contributed by atoms with Gasteiger partial charge in [0, 0.05) is 5.54 Å². The van der Waals surface area contributed by atoms with E-state index in [4.69, 9.17) is 5.11 Å². The molecule has 1 aliphatic rings. The molecule has 1 atom stereocenters. The van der Waals surface area contributed by atoms with Crippen LogP contribution in [0.25, 0.3) is 0 Å². The summed E-state index contributed by atoms with van der Waals surface area (Å²) in [4.78, 5) is 11.1. The Morgan fingerprint density at radius 3 is 2.64 bits per heavy atom. The first kappa shape index (κ1) is 8.53. The Labute approximate surface area is 66.8 Å². The van der Waals surface area contributed by atoms with Gasteiger partial charge in [0.05, 0.1) is 0 Å². The summed E-state index contributed by atoms with van der Waals surface area (Å²) in [5.74, 6) is -0.229. The van der Waals surface area contributed by atoms with Gasteiger partial charge in [0.1, 0.15) is 6.10 Å². The molecular weight excluding hydrogens is 142 g/mol. The van der Waals surface area contributed by atoms with Crippen LogP contribution in [0.15, 0.2) is 0 Å². The third kappa shape index (κ3) is 2.19. The van der Waals surface area contributed by atoms with Crippen molar-refractivity contribution >= 4 is 5.91 Å². The molecule has 0 aromatic carbocycles. The second kappa shape index (κ2) is 2.81. The first-order chi connectivity index (χ1) is 5.07. The molecule has 11 heavy (non-hydrogen) atoms. The summed E-state index contributed by atoms with van der Waals surface area (Å²) >= 11 is 0. The quantitative estimate of drug-likeness (QED) is 0.624. The SMILES string of the molecule is CCC(O)C(=O)NC1(C)CC1. The molecule has 1 rings (SSSR count). The minimum atomic E-state index is -0.826. The maximum atomic E-state index is 11.1. The van der Waals surface area contributed by atoms with Crippen LogP contribution in [0.3, 0.4) is 0 Å². The zero-order valence-corrected chi connectivity index (χ0v) is 7.05. The standard InChI is InChI=1S/C8H15NO2/c1-3-6(10)7(11)9-8(2)4-5-8/h6,10H,3-5H2,1-2H3,(H,9,11). The summed E-state index contributed by atoms with van der Waals surface area (Å²) in [6, 6.07) is 0. The van der Waals surface area contributed by atoms with Crippen LogP contribution >= 0.6 is 0 Å². The van der Waals surface area contributed by atoms with Gasteiger partial charge in [-0.3, -0.25) is 4.79 Å². The fourth-order valence-electron chi connectivity index (χ4n) is 0.879. The van der Waals surface area contributed by atoms with Crippen molar-refractivity contribution in [2.45, 2.75) is 44.8 Å². The topological polar surface area (TPSA) is 49.3 Å². The molecular formula is C8H15NO2. The Balaban J connectivity index is 2.31. The third-order valence-electron chi connectivity index (χ3n) is 2.11. The number of carbonyl (C=O) groups excluding carboxylic acids is 1. The molecule has 64 valence electrons. The van der Waals surface area contributed by atoms with Gasteiger partial charge in [-0.25, -0.2) is 0 Å². The van der Waals surface area contributed by atoms with Gasteiger partial charge in [0.2, 0.25) is 5.91 Å². The van der Waals surface area contributed by atoms with E-state index in [0.717, 1.165) is 12.8 Å². The molecule has 0 aromatic heterocycles. The monoisotopic (exact) mass is 157 g/mol. The lowest BCUT2D eigenvalue weighted by atomic mass is 10.2. The molecule has 0 aliphatic heterocycles. The zero-order chi connectivity index (χ0) is 8.48. The van der Waals surface area contributed by atoms with E-state index in [1.165, 1.54) is 0 Å². The second-order valence-electron chi connectivity index (χ2n) is 3.47. The molecule has 0 heterocycles. The molecule has 0 aromatic rings. The average Bonchev–Trinajstić information content (AvgIpc) is 2.66. The number of nitrogens with one attached hydrogen (secondary N) is 1. The maximum absolute atomic E-state index is 11.1. The lowest BCUT2D eigenvalue weighted by molar-refractivity contribution is -0.130. The summed E-state index contributed by atoms with van der Waals surface area (Å²) in [6.45, 7) is 3.78. The van der Waals surface area contributed by atoms with Crippen molar-refractivity contribution in [2.75, 3.05) is 0 Å². The van der Waals surface area contributed by atoms with Crippen LogP contribution in [0.5, 0.6) is 0 Å².